The van der Waals surface area contributed by atoms with Gasteiger partial charge < -0.3 is 9.47 Å². The van der Waals surface area contributed by atoms with Crippen LogP contribution in [0.15, 0.2) is 51.8 Å². The molecule has 2 rings (SSSR count). The fraction of sp³-hybridized carbons (Fsp3) is 0.278. The number of carbonyl (C=O) groups is 1. The Bertz CT molecular complexity index is 896. The molecule has 6 nitrogen and oxygen atoms in total. The summed E-state index contributed by atoms with van der Waals surface area (Å²) in [6.07, 6.45) is 0. The van der Waals surface area contributed by atoms with Gasteiger partial charge in [-0.2, -0.15) is 0 Å². The van der Waals surface area contributed by atoms with Crippen molar-refractivity contribution >= 4 is 31.9 Å². The van der Waals surface area contributed by atoms with Crippen LogP contribution in [0.5, 0.6) is 5.75 Å². The number of carbonyl (C=O) groups excluding carboxylic acids is 1. The van der Waals surface area contributed by atoms with E-state index in [1.807, 2.05) is 31.2 Å². The Labute approximate surface area is 161 Å². The van der Waals surface area contributed by atoms with Gasteiger partial charge >= 0.3 is 5.97 Å². The summed E-state index contributed by atoms with van der Waals surface area (Å²) in [5.74, 6) is 0.0876. The molecule has 0 fully saturated rings. The van der Waals surface area contributed by atoms with E-state index in [1.165, 1.54) is 32.3 Å². The van der Waals surface area contributed by atoms with Gasteiger partial charge in [0.25, 0.3) is 0 Å². The van der Waals surface area contributed by atoms with Gasteiger partial charge in [-0.05, 0) is 58.7 Å². The first kappa shape index (κ1) is 20.4. The Balaban J connectivity index is 1.99. The second-order valence-corrected chi connectivity index (χ2v) is 8.71. The van der Waals surface area contributed by atoms with Gasteiger partial charge in [0.1, 0.15) is 19.0 Å². The summed E-state index contributed by atoms with van der Waals surface area (Å²) in [7, 11) is -0.823. The normalized spacial score (nSPS) is 11.4. The van der Waals surface area contributed by atoms with E-state index in [-0.39, 0.29) is 23.7 Å². The summed E-state index contributed by atoms with van der Waals surface area (Å²) < 4.78 is 36.7. The van der Waals surface area contributed by atoms with Gasteiger partial charge in [0.05, 0.1) is 10.5 Å². The Hall–Kier alpha value is -1.90. The van der Waals surface area contributed by atoms with Crippen LogP contribution in [0.4, 0.5) is 0 Å². The molecule has 0 radical (unpaired) electrons. The number of halogens is 1. The number of aryl methyl sites for hydroxylation is 1. The SMILES string of the molecule is Cc1cccc(OCCOC(=O)c2ccc(Br)c(S(=O)(=O)N(C)C)c2)c1. The zero-order valence-corrected chi connectivity index (χ0v) is 17.1. The minimum absolute atomic E-state index is 0.00737. The second-order valence-electron chi connectivity index (χ2n) is 5.73. The van der Waals surface area contributed by atoms with Crippen molar-refractivity contribution in [1.29, 1.82) is 0 Å². The molecule has 26 heavy (non-hydrogen) atoms. The molecule has 2 aromatic carbocycles. The number of sulfonamides is 1. The van der Waals surface area contributed by atoms with Gasteiger partial charge in [0.2, 0.25) is 10.0 Å². The van der Waals surface area contributed by atoms with Crippen molar-refractivity contribution in [2.24, 2.45) is 0 Å². The molecule has 0 bridgehead atoms. The molecule has 0 N–H and O–H groups in total. The number of benzene rings is 2. The van der Waals surface area contributed by atoms with Gasteiger partial charge in [-0.3, -0.25) is 0 Å². The first-order valence-electron chi connectivity index (χ1n) is 7.80. The maximum atomic E-state index is 12.3. The van der Waals surface area contributed by atoms with E-state index in [9.17, 15) is 13.2 Å². The van der Waals surface area contributed by atoms with Gasteiger partial charge in [-0.1, -0.05) is 12.1 Å². The summed E-state index contributed by atoms with van der Waals surface area (Å²) in [6, 6.07) is 11.9. The first-order chi connectivity index (χ1) is 12.2. The van der Waals surface area contributed by atoms with E-state index in [4.69, 9.17) is 9.47 Å². The first-order valence-corrected chi connectivity index (χ1v) is 10.0. The molecule has 8 heteroatoms. The zero-order valence-electron chi connectivity index (χ0n) is 14.7. The highest BCUT2D eigenvalue weighted by atomic mass is 79.9. The van der Waals surface area contributed by atoms with E-state index in [2.05, 4.69) is 15.9 Å². The summed E-state index contributed by atoms with van der Waals surface area (Å²) in [6.45, 7) is 2.22. The standard InChI is InChI=1S/C18H20BrNO5S/c1-13-5-4-6-15(11-13)24-9-10-25-18(21)14-7-8-16(19)17(12-14)26(22,23)20(2)3/h4-8,11-12H,9-10H2,1-3H3. The van der Waals surface area contributed by atoms with Crippen LogP contribution in [0.3, 0.4) is 0 Å². The summed E-state index contributed by atoms with van der Waals surface area (Å²) in [5.41, 5.74) is 1.23. The molecule has 0 aromatic heterocycles. The van der Waals surface area contributed by atoms with Crippen LogP contribution in [0.2, 0.25) is 0 Å². The molecule has 0 amide bonds. The van der Waals surface area contributed by atoms with Crippen LogP contribution < -0.4 is 4.74 Å². The van der Waals surface area contributed by atoms with Crippen molar-refractivity contribution in [3.05, 3.63) is 58.1 Å². The van der Waals surface area contributed by atoms with Crippen LogP contribution in [-0.4, -0.2) is 46.0 Å². The predicted molar refractivity (Wildman–Crippen MR) is 102 cm³/mol. The summed E-state index contributed by atoms with van der Waals surface area (Å²) in [5, 5.41) is 0. The second kappa shape index (κ2) is 8.66. The average molecular weight is 442 g/mol. The van der Waals surface area contributed by atoms with Crippen molar-refractivity contribution in [2.45, 2.75) is 11.8 Å². The molecule has 2 aromatic rings. The van der Waals surface area contributed by atoms with E-state index in [0.29, 0.717) is 10.2 Å². The highest BCUT2D eigenvalue weighted by Gasteiger charge is 2.22. The van der Waals surface area contributed by atoms with Crippen LogP contribution >= 0.6 is 15.9 Å². The smallest absolute Gasteiger partial charge is 0.338 e. The van der Waals surface area contributed by atoms with E-state index in [0.717, 1.165) is 9.87 Å². The maximum absolute atomic E-state index is 12.3. The van der Waals surface area contributed by atoms with Gasteiger partial charge in [-0.15, -0.1) is 0 Å². The highest BCUT2D eigenvalue weighted by molar-refractivity contribution is 9.10. The molecule has 0 saturated heterocycles. The molecule has 0 aliphatic heterocycles. The lowest BCUT2D eigenvalue weighted by molar-refractivity contribution is 0.0450. The Kier molecular flexibility index (Phi) is 6.80. The lowest BCUT2D eigenvalue weighted by atomic mass is 10.2. The highest BCUT2D eigenvalue weighted by Crippen LogP contribution is 2.25. The van der Waals surface area contributed by atoms with Gasteiger partial charge in [0.15, 0.2) is 0 Å². The number of rotatable bonds is 7. The predicted octanol–water partition coefficient (Wildman–Crippen LogP) is 3.24. The lowest BCUT2D eigenvalue weighted by Crippen LogP contribution is -2.23. The fourth-order valence-electron chi connectivity index (χ4n) is 2.11. The van der Waals surface area contributed by atoms with Crippen LogP contribution in [0, 0.1) is 6.92 Å². The van der Waals surface area contributed by atoms with Crippen LogP contribution in [0.1, 0.15) is 15.9 Å². The van der Waals surface area contributed by atoms with Crippen LogP contribution in [-0.2, 0) is 14.8 Å². The maximum Gasteiger partial charge on any atom is 0.338 e. The molecule has 0 spiro atoms. The molecule has 0 unspecified atom stereocenters. The fourth-order valence-corrected chi connectivity index (χ4v) is 3.95. The molecule has 0 aliphatic carbocycles. The van der Waals surface area contributed by atoms with Crippen molar-refractivity contribution in [3.8, 4) is 5.75 Å². The third-order valence-corrected chi connectivity index (χ3v) is 6.31. The number of esters is 1. The molecular weight excluding hydrogens is 422 g/mol. The van der Waals surface area contributed by atoms with Crippen molar-refractivity contribution < 1.29 is 22.7 Å². The molecule has 0 saturated carbocycles. The van der Waals surface area contributed by atoms with Crippen molar-refractivity contribution in [3.63, 3.8) is 0 Å². The molecule has 0 heterocycles. The van der Waals surface area contributed by atoms with Crippen molar-refractivity contribution in [1.82, 2.24) is 4.31 Å². The van der Waals surface area contributed by atoms with Crippen LogP contribution in [0.25, 0.3) is 0 Å². The molecular formula is C18H20BrNO5S. The molecule has 0 atom stereocenters. The topological polar surface area (TPSA) is 72.9 Å². The Morgan fingerprint density at radius 1 is 1.12 bits per heavy atom. The van der Waals surface area contributed by atoms with E-state index < -0.39 is 16.0 Å². The molecule has 0 aliphatic rings. The number of nitrogens with zero attached hydrogens (tertiary/aromatic N) is 1. The summed E-state index contributed by atoms with van der Waals surface area (Å²) >= 11 is 3.20. The zero-order chi connectivity index (χ0) is 19.3. The Morgan fingerprint density at radius 3 is 2.50 bits per heavy atom. The minimum atomic E-state index is -3.67. The third-order valence-electron chi connectivity index (χ3n) is 3.50. The largest absolute Gasteiger partial charge is 0.490 e. The Morgan fingerprint density at radius 2 is 1.85 bits per heavy atom. The van der Waals surface area contributed by atoms with Gasteiger partial charge in [-0.25, -0.2) is 17.5 Å². The number of ether oxygens (including phenoxy) is 2. The minimum Gasteiger partial charge on any atom is -0.490 e. The van der Waals surface area contributed by atoms with E-state index in [1.54, 1.807) is 0 Å². The average Bonchev–Trinajstić information content (AvgIpc) is 2.58. The lowest BCUT2D eigenvalue weighted by Gasteiger charge is -2.14. The number of hydrogen-bond donors (Lipinski definition) is 0. The van der Waals surface area contributed by atoms with Gasteiger partial charge in [0, 0.05) is 18.6 Å². The van der Waals surface area contributed by atoms with Crippen molar-refractivity contribution in [2.75, 3.05) is 27.3 Å². The number of hydrogen-bond acceptors (Lipinski definition) is 5. The quantitative estimate of drug-likeness (QED) is 0.486. The monoisotopic (exact) mass is 441 g/mol. The summed E-state index contributed by atoms with van der Waals surface area (Å²) in [4.78, 5) is 12.2. The molecule has 140 valence electrons. The third kappa shape index (κ3) is 5.06. The van der Waals surface area contributed by atoms with E-state index >= 15 is 0 Å².